The van der Waals surface area contributed by atoms with E-state index in [4.69, 9.17) is 16.2 Å². The molecule has 0 radical (unpaired) electrons. The molecule has 198 valence electrons. The van der Waals surface area contributed by atoms with Crippen molar-refractivity contribution in [1.82, 2.24) is 4.90 Å². The molecular weight excluding hydrogens is 486 g/mol. The molecule has 0 fully saturated rings. The molecule has 1 aromatic rings. The molecule has 9 N–H and O–H groups in total. The zero-order valence-electron chi connectivity index (χ0n) is 20.4. The summed E-state index contributed by atoms with van der Waals surface area (Å²) in [6, 6.07) is 1.48. The standard InChI is InChI=1S/C25H29N3O9/c1-5-11(29)37-21-12-8(2)9-6-7-10(26)18(30)13(9)19(31)14(12)22(33)25(36)16(21)17(28(3)4)20(32)15(23(25)34)24(27)35/h6-7,12,16-17,21,24,30,32-33,35-36H,2,5,26-27H2,1,3-4H3/t12-,16-,17+,21+,24?,25+/m1/s1. The monoisotopic (exact) mass is 515 g/mol. The van der Waals surface area contributed by atoms with Gasteiger partial charge in [-0.05, 0) is 31.3 Å². The van der Waals surface area contributed by atoms with Gasteiger partial charge in [-0.3, -0.25) is 19.3 Å². The average Bonchev–Trinajstić information content (AvgIpc) is 2.82. The fourth-order valence-electron chi connectivity index (χ4n) is 5.69. The average molecular weight is 516 g/mol. The van der Waals surface area contributed by atoms with Crippen molar-refractivity contribution in [3.8, 4) is 5.75 Å². The number of carbonyl (C=O) groups excluding carboxylic acids is 3. The number of nitrogens with zero attached hydrogens (tertiary/aromatic N) is 1. The van der Waals surface area contributed by atoms with E-state index in [1.807, 2.05) is 0 Å². The van der Waals surface area contributed by atoms with Crippen LogP contribution in [0.15, 0.2) is 41.4 Å². The molecule has 0 saturated carbocycles. The van der Waals surface area contributed by atoms with Gasteiger partial charge in [-0.15, -0.1) is 0 Å². The van der Waals surface area contributed by atoms with E-state index in [-0.39, 0.29) is 28.8 Å². The smallest absolute Gasteiger partial charge is 0.305 e. The van der Waals surface area contributed by atoms with Crippen LogP contribution in [0.2, 0.25) is 0 Å². The fraction of sp³-hybridized carbons (Fsp3) is 0.400. The van der Waals surface area contributed by atoms with Crippen LogP contribution >= 0.6 is 0 Å². The molecule has 3 aliphatic rings. The van der Waals surface area contributed by atoms with Crippen LogP contribution in [0.4, 0.5) is 5.69 Å². The van der Waals surface area contributed by atoms with Crippen LogP contribution < -0.4 is 11.5 Å². The number of phenols is 1. The number of aromatic hydroxyl groups is 1. The van der Waals surface area contributed by atoms with Crippen LogP contribution in [0.25, 0.3) is 5.57 Å². The number of ether oxygens (including phenoxy) is 1. The molecule has 1 aromatic carbocycles. The third-order valence-corrected chi connectivity index (χ3v) is 7.39. The van der Waals surface area contributed by atoms with Crippen LogP contribution in [0.1, 0.15) is 29.3 Å². The number of Topliss-reactive ketones (excluding diaryl/α,β-unsaturated/α-hetero) is 2. The van der Waals surface area contributed by atoms with Crippen molar-refractivity contribution in [2.45, 2.75) is 37.3 Å². The number of esters is 1. The van der Waals surface area contributed by atoms with Crippen molar-refractivity contribution < 1.29 is 44.7 Å². The molecule has 0 heterocycles. The number of benzene rings is 1. The maximum Gasteiger partial charge on any atom is 0.305 e. The minimum absolute atomic E-state index is 0.108. The second kappa shape index (κ2) is 8.70. The van der Waals surface area contributed by atoms with E-state index in [9.17, 15) is 39.9 Å². The fourth-order valence-corrected chi connectivity index (χ4v) is 5.69. The highest BCUT2D eigenvalue weighted by atomic mass is 16.5. The van der Waals surface area contributed by atoms with Crippen molar-refractivity contribution in [1.29, 1.82) is 0 Å². The number of likely N-dealkylation sites (N-methyl/N-ethyl adjacent to an activating group) is 1. The Labute approximate surface area is 211 Å². The topological polar surface area (TPSA) is 217 Å². The molecule has 6 atom stereocenters. The van der Waals surface area contributed by atoms with Crippen LogP contribution in [-0.4, -0.2) is 86.0 Å². The van der Waals surface area contributed by atoms with Gasteiger partial charge in [0.2, 0.25) is 5.78 Å². The molecule has 0 amide bonds. The minimum Gasteiger partial charge on any atom is -0.510 e. The first-order chi connectivity index (χ1) is 17.2. The number of phenolic OH excluding ortho intramolecular Hbond substituents is 1. The molecule has 0 saturated heterocycles. The highest BCUT2D eigenvalue weighted by molar-refractivity contribution is 6.20. The largest absolute Gasteiger partial charge is 0.510 e. The predicted molar refractivity (Wildman–Crippen MR) is 130 cm³/mol. The summed E-state index contributed by atoms with van der Waals surface area (Å²) in [4.78, 5) is 41.3. The Morgan fingerprint density at radius 2 is 1.86 bits per heavy atom. The third-order valence-electron chi connectivity index (χ3n) is 7.39. The SMILES string of the molecule is C=C1c2ccc(N)c(O)c2C(=O)C2=C(O)[C@]3(O)C(=O)C(C(N)O)=C(O)[C@@H](N(C)C)[C@@H]3[C@@H](OC(=O)CC)[C@H]12. The summed E-state index contributed by atoms with van der Waals surface area (Å²) >= 11 is 0. The Kier molecular flexibility index (Phi) is 6.20. The Bertz CT molecular complexity index is 1310. The molecule has 12 nitrogen and oxygen atoms in total. The van der Waals surface area contributed by atoms with E-state index < -0.39 is 81.8 Å². The molecular formula is C25H29N3O9. The number of hydrogen-bond acceptors (Lipinski definition) is 12. The second-order valence-electron chi connectivity index (χ2n) is 9.60. The molecule has 0 aromatic heterocycles. The molecule has 0 spiro atoms. The number of aliphatic hydroxyl groups excluding tert-OH is 3. The molecule has 3 aliphatic carbocycles. The number of hydrogen-bond donors (Lipinski definition) is 7. The van der Waals surface area contributed by atoms with Gasteiger partial charge in [-0.1, -0.05) is 19.6 Å². The predicted octanol–water partition coefficient (Wildman–Crippen LogP) is -0.103. The number of nitrogens with two attached hydrogens (primary N) is 2. The second-order valence-corrected chi connectivity index (χ2v) is 9.60. The molecule has 0 bridgehead atoms. The number of nitrogen functional groups attached to an aromatic ring is 1. The summed E-state index contributed by atoms with van der Waals surface area (Å²) in [6.45, 7) is 5.53. The first-order valence-corrected chi connectivity index (χ1v) is 11.5. The van der Waals surface area contributed by atoms with Crippen LogP contribution in [0, 0.1) is 11.8 Å². The van der Waals surface area contributed by atoms with Crippen LogP contribution in [0.3, 0.4) is 0 Å². The van der Waals surface area contributed by atoms with E-state index in [0.717, 1.165) is 0 Å². The summed E-state index contributed by atoms with van der Waals surface area (Å²) in [5.41, 5.74) is 6.90. The Hall–Kier alpha value is -3.71. The summed E-state index contributed by atoms with van der Waals surface area (Å²) < 4.78 is 5.70. The van der Waals surface area contributed by atoms with Crippen LogP contribution in [0.5, 0.6) is 5.75 Å². The number of anilines is 1. The van der Waals surface area contributed by atoms with Gasteiger partial charge in [0.25, 0.3) is 0 Å². The van der Waals surface area contributed by atoms with Crippen molar-refractivity contribution in [3.05, 3.63) is 52.5 Å². The lowest BCUT2D eigenvalue weighted by Crippen LogP contribution is -2.69. The number of rotatable bonds is 4. The zero-order chi connectivity index (χ0) is 27.7. The van der Waals surface area contributed by atoms with Crippen LogP contribution in [-0.2, 0) is 14.3 Å². The van der Waals surface area contributed by atoms with Gasteiger partial charge in [0.1, 0.15) is 29.6 Å². The van der Waals surface area contributed by atoms with Crippen molar-refractivity contribution >= 4 is 28.8 Å². The normalized spacial score (nSPS) is 30.2. The van der Waals surface area contributed by atoms with Gasteiger partial charge < -0.3 is 41.7 Å². The quantitative estimate of drug-likeness (QED) is 0.121. The van der Waals surface area contributed by atoms with Gasteiger partial charge in [0.05, 0.1) is 40.3 Å². The van der Waals surface area contributed by atoms with E-state index in [1.165, 1.54) is 38.1 Å². The van der Waals surface area contributed by atoms with Gasteiger partial charge in [-0.2, -0.15) is 0 Å². The van der Waals surface area contributed by atoms with Gasteiger partial charge in [-0.25, -0.2) is 0 Å². The lowest BCUT2D eigenvalue weighted by Gasteiger charge is -2.53. The van der Waals surface area contributed by atoms with Gasteiger partial charge in [0.15, 0.2) is 11.4 Å². The zero-order valence-corrected chi connectivity index (χ0v) is 20.4. The summed E-state index contributed by atoms with van der Waals surface area (Å²) in [5, 5.41) is 55.0. The van der Waals surface area contributed by atoms with Crippen molar-refractivity contribution in [2.24, 2.45) is 17.6 Å². The highest BCUT2D eigenvalue weighted by Gasteiger charge is 2.68. The van der Waals surface area contributed by atoms with E-state index in [0.29, 0.717) is 0 Å². The minimum atomic E-state index is -2.95. The van der Waals surface area contributed by atoms with E-state index in [1.54, 1.807) is 0 Å². The summed E-state index contributed by atoms with van der Waals surface area (Å²) in [6.07, 6.45) is -3.65. The number of ketones is 2. The molecule has 37 heavy (non-hydrogen) atoms. The summed E-state index contributed by atoms with van der Waals surface area (Å²) in [7, 11) is 2.98. The third kappa shape index (κ3) is 3.40. The number of aliphatic hydroxyl groups is 4. The van der Waals surface area contributed by atoms with Gasteiger partial charge in [0, 0.05) is 6.42 Å². The first-order valence-electron chi connectivity index (χ1n) is 11.5. The Morgan fingerprint density at radius 1 is 1.24 bits per heavy atom. The molecule has 1 unspecified atom stereocenters. The van der Waals surface area contributed by atoms with Crippen molar-refractivity contribution in [3.63, 3.8) is 0 Å². The Balaban J connectivity index is 2.12. The lowest BCUT2D eigenvalue weighted by molar-refractivity contribution is -0.177. The highest BCUT2D eigenvalue weighted by Crippen LogP contribution is 2.56. The first kappa shape index (κ1) is 26.4. The number of fused-ring (bicyclic) bond motifs is 3. The van der Waals surface area contributed by atoms with E-state index >= 15 is 0 Å². The molecule has 12 heteroatoms. The number of carbonyl (C=O) groups is 3. The van der Waals surface area contributed by atoms with Gasteiger partial charge >= 0.3 is 5.97 Å². The molecule has 4 rings (SSSR count). The Morgan fingerprint density at radius 3 is 2.41 bits per heavy atom. The maximum atomic E-state index is 13.7. The van der Waals surface area contributed by atoms with E-state index in [2.05, 4.69) is 6.58 Å². The summed E-state index contributed by atoms with van der Waals surface area (Å²) in [5.74, 6) is -8.29. The molecule has 0 aliphatic heterocycles. The van der Waals surface area contributed by atoms with Crippen molar-refractivity contribution in [2.75, 3.05) is 19.8 Å². The maximum absolute atomic E-state index is 13.7. The lowest BCUT2D eigenvalue weighted by atomic mass is 9.56.